The molecule has 0 fully saturated rings. The number of halogens is 1. The highest BCUT2D eigenvalue weighted by atomic mass is 31.0. The zero-order valence-corrected chi connectivity index (χ0v) is 15.7. The Bertz CT molecular complexity index is 817. The van der Waals surface area contributed by atoms with Crippen LogP contribution in [0.5, 0.6) is 5.88 Å². The Morgan fingerprint density at radius 2 is 2.20 bits per heavy atom. The molecule has 1 aliphatic rings. The highest BCUT2D eigenvalue weighted by Gasteiger charge is 2.28. The maximum Gasteiger partial charge on any atom is 0.223 e. The standard InChI is InChI=1S/C19H23FN3OP/c1-12-4-5-14(16(20)8-12)9-23-10-15-6-7-22-18(17(15)13(23)2)24-11-19(3,21)25/h4-8H,2,9-11,21,25H2,1,3H3. The molecule has 6 heteroatoms. The quantitative estimate of drug-likeness (QED) is 0.831. The Balaban J connectivity index is 1.81. The molecule has 0 spiro atoms. The minimum absolute atomic E-state index is 0.194. The van der Waals surface area contributed by atoms with E-state index >= 15 is 0 Å². The van der Waals surface area contributed by atoms with Crippen LogP contribution >= 0.6 is 9.24 Å². The van der Waals surface area contributed by atoms with Crippen molar-refractivity contribution < 1.29 is 9.13 Å². The van der Waals surface area contributed by atoms with E-state index in [1.165, 1.54) is 0 Å². The van der Waals surface area contributed by atoms with Crippen molar-refractivity contribution in [2.75, 3.05) is 6.61 Å². The second-order valence-corrected chi connectivity index (χ2v) is 8.16. The molecule has 132 valence electrons. The number of fused-ring (bicyclic) bond motifs is 1. The normalized spacial score (nSPS) is 15.9. The summed E-state index contributed by atoms with van der Waals surface area (Å²) in [4.78, 5) is 6.36. The molecule has 4 nitrogen and oxygen atoms in total. The van der Waals surface area contributed by atoms with Gasteiger partial charge in [-0.1, -0.05) is 18.7 Å². The fourth-order valence-corrected chi connectivity index (χ4v) is 2.93. The van der Waals surface area contributed by atoms with E-state index in [-0.39, 0.29) is 5.82 Å². The van der Waals surface area contributed by atoms with Crippen molar-refractivity contribution in [1.82, 2.24) is 9.88 Å². The van der Waals surface area contributed by atoms with Crippen LogP contribution in [-0.4, -0.2) is 21.8 Å². The molecule has 0 bridgehead atoms. The Labute approximate surface area is 150 Å². The van der Waals surface area contributed by atoms with Gasteiger partial charge in [0, 0.05) is 30.5 Å². The van der Waals surface area contributed by atoms with Crippen LogP contribution in [0.3, 0.4) is 0 Å². The minimum atomic E-state index is -0.533. The number of aryl methyl sites for hydroxylation is 1. The molecule has 2 N–H and O–H groups in total. The second kappa shape index (κ2) is 6.74. The number of nitrogens with zero attached hydrogens (tertiary/aromatic N) is 2. The van der Waals surface area contributed by atoms with E-state index in [4.69, 9.17) is 10.5 Å². The summed E-state index contributed by atoms with van der Waals surface area (Å²) in [5.74, 6) is 0.328. The summed E-state index contributed by atoms with van der Waals surface area (Å²) in [5, 5.41) is -0.533. The second-order valence-electron chi connectivity index (χ2n) is 6.84. The van der Waals surface area contributed by atoms with Gasteiger partial charge in [-0.25, -0.2) is 9.37 Å². The summed E-state index contributed by atoms with van der Waals surface area (Å²) >= 11 is 0. The highest BCUT2D eigenvalue weighted by Crippen LogP contribution is 2.38. The van der Waals surface area contributed by atoms with Gasteiger partial charge in [0.2, 0.25) is 5.88 Å². The molecular weight excluding hydrogens is 336 g/mol. The van der Waals surface area contributed by atoms with Gasteiger partial charge in [-0.05, 0) is 37.1 Å². The van der Waals surface area contributed by atoms with Crippen molar-refractivity contribution in [2.24, 2.45) is 5.73 Å². The van der Waals surface area contributed by atoms with Crippen LogP contribution in [0.2, 0.25) is 0 Å². The number of pyridine rings is 1. The summed E-state index contributed by atoms with van der Waals surface area (Å²) in [6, 6.07) is 7.24. The molecule has 2 aromatic rings. The molecule has 1 aromatic carbocycles. The molecule has 2 unspecified atom stereocenters. The molecule has 2 atom stereocenters. The predicted octanol–water partition coefficient (Wildman–Crippen LogP) is 3.44. The Hall–Kier alpha value is -1.97. The lowest BCUT2D eigenvalue weighted by atomic mass is 10.1. The van der Waals surface area contributed by atoms with Crippen molar-refractivity contribution in [3.63, 3.8) is 0 Å². The number of hydrogen-bond acceptors (Lipinski definition) is 4. The zero-order valence-electron chi connectivity index (χ0n) is 14.6. The molecule has 1 aliphatic heterocycles. The molecule has 0 radical (unpaired) electrons. The van der Waals surface area contributed by atoms with Gasteiger partial charge in [0.1, 0.15) is 12.4 Å². The van der Waals surface area contributed by atoms with Crippen molar-refractivity contribution in [1.29, 1.82) is 0 Å². The van der Waals surface area contributed by atoms with Crippen LogP contribution in [0.4, 0.5) is 4.39 Å². The zero-order chi connectivity index (χ0) is 18.2. The summed E-state index contributed by atoms with van der Waals surface area (Å²) in [6.45, 7) is 9.34. The van der Waals surface area contributed by atoms with Gasteiger partial charge in [0.15, 0.2) is 0 Å². The van der Waals surface area contributed by atoms with Crippen LogP contribution in [-0.2, 0) is 13.1 Å². The van der Waals surface area contributed by atoms with Crippen LogP contribution in [0.1, 0.15) is 29.2 Å². The number of aromatic nitrogens is 1. The molecule has 2 heterocycles. The summed E-state index contributed by atoms with van der Waals surface area (Å²) in [6.07, 6.45) is 1.72. The number of benzene rings is 1. The maximum atomic E-state index is 14.2. The Morgan fingerprint density at radius 3 is 2.88 bits per heavy atom. The minimum Gasteiger partial charge on any atom is -0.475 e. The molecule has 3 rings (SSSR count). The molecule has 0 saturated carbocycles. The van der Waals surface area contributed by atoms with Gasteiger partial charge in [-0.3, -0.25) is 0 Å². The van der Waals surface area contributed by atoms with E-state index in [9.17, 15) is 4.39 Å². The molecule has 0 aliphatic carbocycles. The lowest BCUT2D eigenvalue weighted by molar-refractivity contribution is 0.270. The number of ether oxygens (including phenoxy) is 1. The SMILES string of the molecule is C=C1c2c(ccnc2OCC(C)(N)P)CN1Cc1ccc(C)cc1F. The first-order chi connectivity index (χ1) is 11.7. The maximum absolute atomic E-state index is 14.2. The lowest BCUT2D eigenvalue weighted by Crippen LogP contribution is -2.35. The number of nitrogens with two attached hydrogens (primary N) is 1. The predicted molar refractivity (Wildman–Crippen MR) is 101 cm³/mol. The van der Waals surface area contributed by atoms with Gasteiger partial charge in [0.05, 0.1) is 10.8 Å². The Kier molecular flexibility index (Phi) is 4.81. The van der Waals surface area contributed by atoms with Gasteiger partial charge in [-0.15, -0.1) is 9.24 Å². The fourth-order valence-electron chi connectivity index (χ4n) is 2.85. The average molecular weight is 359 g/mol. The molecule has 0 amide bonds. The number of rotatable bonds is 5. The van der Waals surface area contributed by atoms with Crippen molar-refractivity contribution in [3.8, 4) is 5.88 Å². The van der Waals surface area contributed by atoms with E-state index in [0.717, 1.165) is 22.4 Å². The molecule has 0 saturated heterocycles. The third-order valence-electron chi connectivity index (χ3n) is 4.12. The fraction of sp³-hybridized carbons (Fsp3) is 0.316. The van der Waals surface area contributed by atoms with Crippen LogP contribution in [0, 0.1) is 12.7 Å². The van der Waals surface area contributed by atoms with Crippen LogP contribution in [0.15, 0.2) is 37.0 Å². The summed E-state index contributed by atoms with van der Waals surface area (Å²) in [7, 11) is 2.55. The topological polar surface area (TPSA) is 51.4 Å². The summed E-state index contributed by atoms with van der Waals surface area (Å²) in [5.41, 5.74) is 10.3. The average Bonchev–Trinajstić information content (AvgIpc) is 2.84. The van der Waals surface area contributed by atoms with Gasteiger partial charge < -0.3 is 15.4 Å². The van der Waals surface area contributed by atoms with Gasteiger partial charge in [-0.2, -0.15) is 0 Å². The monoisotopic (exact) mass is 359 g/mol. The van der Waals surface area contributed by atoms with Gasteiger partial charge in [0.25, 0.3) is 0 Å². The van der Waals surface area contributed by atoms with Gasteiger partial charge >= 0.3 is 0 Å². The highest BCUT2D eigenvalue weighted by molar-refractivity contribution is 7.18. The van der Waals surface area contributed by atoms with E-state index in [0.29, 0.717) is 31.1 Å². The summed E-state index contributed by atoms with van der Waals surface area (Å²) < 4.78 is 20.0. The molecule has 1 aromatic heterocycles. The first-order valence-electron chi connectivity index (χ1n) is 8.12. The smallest absolute Gasteiger partial charge is 0.223 e. The Morgan fingerprint density at radius 1 is 1.44 bits per heavy atom. The molecule has 25 heavy (non-hydrogen) atoms. The molecular formula is C19H23FN3OP. The third-order valence-corrected chi connectivity index (χ3v) is 4.29. The van der Waals surface area contributed by atoms with Crippen molar-refractivity contribution in [2.45, 2.75) is 32.2 Å². The lowest BCUT2D eigenvalue weighted by Gasteiger charge is -2.21. The van der Waals surface area contributed by atoms with Crippen LogP contribution in [0.25, 0.3) is 5.70 Å². The van der Waals surface area contributed by atoms with E-state index in [1.807, 2.05) is 36.9 Å². The van der Waals surface area contributed by atoms with Crippen LogP contribution < -0.4 is 10.5 Å². The first kappa shape index (κ1) is 17.8. The first-order valence-corrected chi connectivity index (χ1v) is 8.70. The van der Waals surface area contributed by atoms with E-state index in [1.54, 1.807) is 12.3 Å². The van der Waals surface area contributed by atoms with Crippen molar-refractivity contribution >= 4 is 14.9 Å². The largest absolute Gasteiger partial charge is 0.475 e. The van der Waals surface area contributed by atoms with E-state index < -0.39 is 5.28 Å². The van der Waals surface area contributed by atoms with E-state index in [2.05, 4.69) is 20.8 Å². The third kappa shape index (κ3) is 4.00. The van der Waals surface area contributed by atoms with Crippen molar-refractivity contribution in [3.05, 3.63) is 65.1 Å². The number of hydrogen-bond donors (Lipinski definition) is 1.